The molecule has 2 N–H and O–H groups in total. The molecule has 0 aliphatic carbocycles. The highest BCUT2D eigenvalue weighted by Gasteiger charge is 2.34. The zero-order valence-corrected chi connectivity index (χ0v) is 15.2. The number of imide groups is 1. The van der Waals surface area contributed by atoms with Crippen molar-refractivity contribution in [3.63, 3.8) is 0 Å². The van der Waals surface area contributed by atoms with Crippen LogP contribution in [0, 0.1) is 0 Å². The predicted octanol–water partition coefficient (Wildman–Crippen LogP) is 1.41. The molecule has 140 valence electrons. The van der Waals surface area contributed by atoms with Crippen LogP contribution in [0.4, 0.5) is 0 Å². The number of fused-ring (bicyclic) bond motifs is 1. The van der Waals surface area contributed by atoms with Gasteiger partial charge in [-0.2, -0.15) is 0 Å². The van der Waals surface area contributed by atoms with E-state index in [0.717, 1.165) is 51.3 Å². The lowest BCUT2D eigenvalue weighted by atomic mass is 10.1. The molecule has 0 saturated carbocycles. The molecule has 1 saturated heterocycles. The van der Waals surface area contributed by atoms with Gasteiger partial charge in [-0.15, -0.1) is 0 Å². The lowest BCUT2D eigenvalue weighted by Crippen LogP contribution is -2.41. The first-order valence-corrected chi connectivity index (χ1v) is 9.22. The predicted molar refractivity (Wildman–Crippen MR) is 99.4 cm³/mol. The van der Waals surface area contributed by atoms with E-state index in [-0.39, 0.29) is 17.9 Å². The summed E-state index contributed by atoms with van der Waals surface area (Å²) in [6, 6.07) is 6.99. The molecule has 7 nitrogen and oxygen atoms in total. The number of hydrogen-bond donors (Lipinski definition) is 2. The quantitative estimate of drug-likeness (QED) is 0.333. The zero-order chi connectivity index (χ0) is 18.4. The van der Waals surface area contributed by atoms with Crippen molar-refractivity contribution >= 4 is 17.8 Å². The van der Waals surface area contributed by atoms with Crippen molar-refractivity contribution in [2.45, 2.75) is 31.8 Å². The molecule has 2 amide bonds. The average molecular weight is 358 g/mol. The molecule has 2 aliphatic heterocycles. The van der Waals surface area contributed by atoms with E-state index in [4.69, 9.17) is 4.74 Å². The van der Waals surface area contributed by atoms with E-state index < -0.39 is 0 Å². The summed E-state index contributed by atoms with van der Waals surface area (Å²) in [4.78, 5) is 30.1. The summed E-state index contributed by atoms with van der Waals surface area (Å²) in [5.74, 6) is 0.376. The number of aliphatic imine (C=N–C) groups is 1. The first-order chi connectivity index (χ1) is 12.7. The molecule has 7 heteroatoms. The molecule has 2 heterocycles. The fourth-order valence-electron chi connectivity index (χ4n) is 3.28. The molecule has 1 fully saturated rings. The summed E-state index contributed by atoms with van der Waals surface area (Å²) in [7, 11) is 1.74. The third-order valence-electron chi connectivity index (χ3n) is 4.72. The van der Waals surface area contributed by atoms with E-state index in [2.05, 4.69) is 15.6 Å². The molecule has 1 atom stereocenters. The molecule has 2 aliphatic rings. The number of ether oxygens (including phenoxy) is 1. The molecule has 1 aromatic rings. The van der Waals surface area contributed by atoms with Crippen LogP contribution < -0.4 is 10.6 Å². The smallest absolute Gasteiger partial charge is 0.261 e. The van der Waals surface area contributed by atoms with E-state index in [0.29, 0.717) is 17.7 Å². The van der Waals surface area contributed by atoms with Gasteiger partial charge in [0.1, 0.15) is 0 Å². The fraction of sp³-hybridized carbons (Fsp3) is 0.526. The van der Waals surface area contributed by atoms with Gasteiger partial charge < -0.3 is 15.4 Å². The van der Waals surface area contributed by atoms with Crippen LogP contribution in [-0.2, 0) is 4.74 Å². The highest BCUT2D eigenvalue weighted by molar-refractivity contribution is 6.21. The number of hydrogen-bond acceptors (Lipinski definition) is 4. The maximum Gasteiger partial charge on any atom is 0.261 e. The first-order valence-electron chi connectivity index (χ1n) is 9.22. The van der Waals surface area contributed by atoms with E-state index in [1.807, 2.05) is 0 Å². The number of nitrogens with one attached hydrogen (secondary N) is 2. The molecule has 0 spiro atoms. The van der Waals surface area contributed by atoms with Gasteiger partial charge in [0, 0.05) is 33.3 Å². The molecular weight excluding hydrogens is 332 g/mol. The van der Waals surface area contributed by atoms with Gasteiger partial charge in [0.2, 0.25) is 0 Å². The maximum absolute atomic E-state index is 12.3. The van der Waals surface area contributed by atoms with Gasteiger partial charge in [0.15, 0.2) is 5.96 Å². The highest BCUT2D eigenvalue weighted by atomic mass is 16.5. The number of guanidine groups is 1. The second-order valence-electron chi connectivity index (χ2n) is 6.53. The lowest BCUT2D eigenvalue weighted by molar-refractivity contribution is 0.0652. The normalized spacial score (nSPS) is 19.8. The van der Waals surface area contributed by atoms with Crippen molar-refractivity contribution in [3.8, 4) is 0 Å². The van der Waals surface area contributed by atoms with E-state index >= 15 is 0 Å². The Morgan fingerprint density at radius 2 is 1.92 bits per heavy atom. The second kappa shape index (κ2) is 8.80. The first kappa shape index (κ1) is 18.4. The number of benzene rings is 1. The Kier molecular flexibility index (Phi) is 6.22. The average Bonchev–Trinajstić information content (AvgIpc) is 3.26. The van der Waals surface area contributed by atoms with Crippen molar-refractivity contribution in [1.29, 1.82) is 0 Å². The van der Waals surface area contributed by atoms with Crippen LogP contribution in [-0.4, -0.2) is 62.1 Å². The largest absolute Gasteiger partial charge is 0.376 e. The van der Waals surface area contributed by atoms with E-state index in [9.17, 15) is 9.59 Å². The molecule has 26 heavy (non-hydrogen) atoms. The minimum Gasteiger partial charge on any atom is -0.376 e. The zero-order valence-electron chi connectivity index (χ0n) is 15.2. The van der Waals surface area contributed by atoms with Crippen LogP contribution in [0.15, 0.2) is 29.3 Å². The highest BCUT2D eigenvalue weighted by Crippen LogP contribution is 2.22. The van der Waals surface area contributed by atoms with Crippen LogP contribution in [0.1, 0.15) is 46.4 Å². The SMILES string of the molecule is CN=C(NCCCCN1C(=O)c2ccccc2C1=O)NCC1CCCO1. The van der Waals surface area contributed by atoms with Crippen molar-refractivity contribution in [3.05, 3.63) is 35.4 Å². The van der Waals surface area contributed by atoms with Crippen molar-refractivity contribution in [2.24, 2.45) is 4.99 Å². The van der Waals surface area contributed by atoms with Crippen molar-refractivity contribution < 1.29 is 14.3 Å². The van der Waals surface area contributed by atoms with E-state index in [1.165, 1.54) is 4.90 Å². The fourth-order valence-corrected chi connectivity index (χ4v) is 3.28. The number of amides is 2. The number of nitrogens with zero attached hydrogens (tertiary/aromatic N) is 2. The summed E-state index contributed by atoms with van der Waals surface area (Å²) < 4.78 is 5.58. The van der Waals surface area contributed by atoms with Gasteiger partial charge in [-0.3, -0.25) is 19.5 Å². The Morgan fingerprint density at radius 1 is 1.19 bits per heavy atom. The van der Waals surface area contributed by atoms with Crippen LogP contribution in [0.3, 0.4) is 0 Å². The molecule has 1 unspecified atom stereocenters. The number of unbranched alkanes of at least 4 members (excludes halogenated alkanes) is 1. The van der Waals surface area contributed by atoms with Gasteiger partial charge >= 0.3 is 0 Å². The second-order valence-corrected chi connectivity index (χ2v) is 6.53. The van der Waals surface area contributed by atoms with Gasteiger partial charge in [-0.25, -0.2) is 0 Å². The molecular formula is C19H26N4O3. The Morgan fingerprint density at radius 3 is 2.54 bits per heavy atom. The molecule has 3 rings (SSSR count). The van der Waals surface area contributed by atoms with Gasteiger partial charge in [-0.1, -0.05) is 12.1 Å². The Labute approximate surface area is 153 Å². The molecule has 0 radical (unpaired) electrons. The van der Waals surface area contributed by atoms with Gasteiger partial charge in [0.05, 0.1) is 17.2 Å². The summed E-state index contributed by atoms with van der Waals surface area (Å²) in [5.41, 5.74) is 1.02. The number of carbonyl (C=O) groups is 2. The van der Waals surface area contributed by atoms with Crippen molar-refractivity contribution in [1.82, 2.24) is 15.5 Å². The Bertz CT molecular complexity index is 648. The molecule has 0 aromatic heterocycles. The molecule has 0 bridgehead atoms. The van der Waals surface area contributed by atoms with Gasteiger partial charge in [0.25, 0.3) is 11.8 Å². The topological polar surface area (TPSA) is 83.0 Å². The summed E-state index contributed by atoms with van der Waals surface area (Å²) in [6.07, 6.45) is 4.07. The monoisotopic (exact) mass is 358 g/mol. The summed E-state index contributed by atoms with van der Waals surface area (Å²) in [6.45, 7) is 2.77. The maximum atomic E-state index is 12.3. The summed E-state index contributed by atoms with van der Waals surface area (Å²) >= 11 is 0. The Balaban J connectivity index is 1.35. The minimum absolute atomic E-state index is 0.187. The van der Waals surface area contributed by atoms with Crippen LogP contribution in [0.25, 0.3) is 0 Å². The van der Waals surface area contributed by atoms with Crippen LogP contribution in [0.2, 0.25) is 0 Å². The third-order valence-corrected chi connectivity index (χ3v) is 4.72. The van der Waals surface area contributed by atoms with Crippen molar-refractivity contribution in [2.75, 3.05) is 33.3 Å². The van der Waals surface area contributed by atoms with E-state index in [1.54, 1.807) is 31.3 Å². The summed E-state index contributed by atoms with van der Waals surface area (Å²) in [5, 5.41) is 6.52. The van der Waals surface area contributed by atoms with Gasteiger partial charge in [-0.05, 0) is 37.8 Å². The third kappa shape index (κ3) is 4.22. The number of carbonyl (C=O) groups excluding carboxylic acids is 2. The molecule has 1 aromatic carbocycles. The number of rotatable bonds is 7. The van der Waals surface area contributed by atoms with Crippen LogP contribution >= 0.6 is 0 Å². The standard InChI is InChI=1S/C19H26N4O3/c1-20-19(22-13-14-7-6-12-26-14)21-10-4-5-11-23-17(24)15-8-2-3-9-16(15)18(23)25/h2-3,8-9,14H,4-7,10-13H2,1H3,(H2,20,21,22). The Hall–Kier alpha value is -2.41. The minimum atomic E-state index is -0.187. The van der Waals surface area contributed by atoms with Crippen LogP contribution in [0.5, 0.6) is 0 Å². The lowest BCUT2D eigenvalue weighted by Gasteiger charge is -2.16.